The van der Waals surface area contributed by atoms with Crippen LogP contribution in [0.15, 0.2) is 18.2 Å². The highest BCUT2D eigenvalue weighted by Crippen LogP contribution is 2.34. The molecule has 0 saturated carbocycles. The molecule has 0 saturated heterocycles. The van der Waals surface area contributed by atoms with E-state index in [1.165, 1.54) is 23.4 Å². The number of hydrogen-bond donors (Lipinski definition) is 1. The summed E-state index contributed by atoms with van der Waals surface area (Å²) >= 11 is 0. The van der Waals surface area contributed by atoms with Gasteiger partial charge in [0.1, 0.15) is 0 Å². The molecule has 6 heteroatoms. The molecule has 1 amide bonds. The Balaban J connectivity index is 2.10. The van der Waals surface area contributed by atoms with Gasteiger partial charge in [-0.15, -0.1) is 0 Å². The van der Waals surface area contributed by atoms with Crippen LogP contribution in [0.1, 0.15) is 62.4 Å². The minimum atomic E-state index is -3.30. The first-order valence-electron chi connectivity index (χ1n) is 8.67. The van der Waals surface area contributed by atoms with Crippen LogP contribution in [-0.2, 0) is 16.4 Å². The first-order chi connectivity index (χ1) is 11.2. The van der Waals surface area contributed by atoms with Crippen LogP contribution in [0.2, 0.25) is 0 Å². The number of nitrogens with zero attached hydrogens (tertiary/aromatic N) is 1. The van der Waals surface area contributed by atoms with Gasteiger partial charge in [-0.05, 0) is 50.5 Å². The van der Waals surface area contributed by atoms with E-state index in [0.29, 0.717) is 17.7 Å². The molecule has 0 aliphatic carbocycles. The highest BCUT2D eigenvalue weighted by atomic mass is 32.2. The molecule has 24 heavy (non-hydrogen) atoms. The van der Waals surface area contributed by atoms with Crippen molar-refractivity contribution in [1.29, 1.82) is 0 Å². The van der Waals surface area contributed by atoms with Gasteiger partial charge in [0.25, 0.3) is 5.91 Å². The maximum Gasteiger partial charge on any atom is 0.251 e. The zero-order valence-corrected chi connectivity index (χ0v) is 15.8. The minimum Gasteiger partial charge on any atom is -0.350 e. The molecule has 5 nitrogen and oxygen atoms in total. The highest BCUT2D eigenvalue weighted by molar-refractivity contribution is 7.92. The van der Waals surface area contributed by atoms with Crippen molar-refractivity contribution in [3.63, 3.8) is 0 Å². The number of hydrogen-bond acceptors (Lipinski definition) is 3. The molecule has 2 atom stereocenters. The van der Waals surface area contributed by atoms with Gasteiger partial charge in [0.05, 0.1) is 11.9 Å². The van der Waals surface area contributed by atoms with E-state index in [2.05, 4.69) is 12.2 Å². The van der Waals surface area contributed by atoms with Gasteiger partial charge in [-0.3, -0.25) is 9.10 Å². The van der Waals surface area contributed by atoms with E-state index in [9.17, 15) is 13.2 Å². The zero-order chi connectivity index (χ0) is 17.9. The second-order valence-corrected chi connectivity index (χ2v) is 8.69. The number of fused-ring (bicyclic) bond motifs is 1. The summed E-state index contributed by atoms with van der Waals surface area (Å²) in [7, 11) is -3.30. The van der Waals surface area contributed by atoms with Crippen LogP contribution in [0.3, 0.4) is 0 Å². The Kier molecular flexibility index (Phi) is 5.91. The maximum absolute atomic E-state index is 12.4. The van der Waals surface area contributed by atoms with Crippen LogP contribution >= 0.6 is 0 Å². The van der Waals surface area contributed by atoms with Crippen molar-refractivity contribution in [2.45, 2.75) is 65.0 Å². The van der Waals surface area contributed by atoms with Crippen LogP contribution in [-0.4, -0.2) is 32.7 Å². The number of benzene rings is 1. The molecule has 0 spiro atoms. The second-order valence-electron chi connectivity index (χ2n) is 6.83. The van der Waals surface area contributed by atoms with Gasteiger partial charge in [-0.25, -0.2) is 8.42 Å². The molecule has 1 aliphatic heterocycles. The maximum atomic E-state index is 12.4. The summed E-state index contributed by atoms with van der Waals surface area (Å²) < 4.78 is 25.3. The third-order valence-corrected chi connectivity index (χ3v) is 5.74. The molecule has 1 aromatic carbocycles. The monoisotopic (exact) mass is 352 g/mol. The molecule has 134 valence electrons. The molecule has 1 N–H and O–H groups in total. The van der Waals surface area contributed by atoms with Crippen molar-refractivity contribution in [3.8, 4) is 0 Å². The molecule has 1 aromatic rings. The number of amides is 1. The fraction of sp³-hybridized carbons (Fsp3) is 0.611. The molecule has 1 aliphatic rings. The molecule has 0 radical (unpaired) electrons. The molecule has 0 bridgehead atoms. The van der Waals surface area contributed by atoms with Gasteiger partial charge in [0.15, 0.2) is 0 Å². The van der Waals surface area contributed by atoms with Gasteiger partial charge >= 0.3 is 0 Å². The largest absolute Gasteiger partial charge is 0.350 e. The van der Waals surface area contributed by atoms with Crippen LogP contribution in [0.4, 0.5) is 5.69 Å². The Hall–Kier alpha value is -1.56. The minimum absolute atomic E-state index is 0.0905. The first kappa shape index (κ1) is 18.8. The van der Waals surface area contributed by atoms with Crippen molar-refractivity contribution < 1.29 is 13.2 Å². The molecular formula is C18H28N2O3S. The van der Waals surface area contributed by atoms with Gasteiger partial charge in [0.2, 0.25) is 10.0 Å². The van der Waals surface area contributed by atoms with E-state index >= 15 is 0 Å². The Morgan fingerprint density at radius 2 is 2.08 bits per heavy atom. The highest BCUT2D eigenvalue weighted by Gasteiger charge is 2.32. The number of carbonyl (C=O) groups excluding carboxylic acids is 1. The van der Waals surface area contributed by atoms with Crippen molar-refractivity contribution >= 4 is 21.6 Å². The van der Waals surface area contributed by atoms with Crippen LogP contribution < -0.4 is 9.62 Å². The van der Waals surface area contributed by atoms with Crippen LogP contribution in [0, 0.1) is 0 Å². The summed E-state index contributed by atoms with van der Waals surface area (Å²) in [5.74, 6) is -0.0905. The lowest BCUT2D eigenvalue weighted by Gasteiger charge is -2.22. The topological polar surface area (TPSA) is 66.5 Å². The Morgan fingerprint density at radius 1 is 1.38 bits per heavy atom. The molecule has 2 rings (SSSR count). The molecule has 0 fully saturated rings. The Bertz CT molecular complexity index is 700. The summed E-state index contributed by atoms with van der Waals surface area (Å²) in [4.78, 5) is 12.4. The van der Waals surface area contributed by atoms with Crippen LogP contribution in [0.25, 0.3) is 0 Å². The first-order valence-corrected chi connectivity index (χ1v) is 10.5. The lowest BCUT2D eigenvalue weighted by molar-refractivity contribution is 0.0938. The number of anilines is 1. The predicted molar refractivity (Wildman–Crippen MR) is 98.0 cm³/mol. The van der Waals surface area contributed by atoms with Gasteiger partial charge in [0, 0.05) is 17.6 Å². The van der Waals surface area contributed by atoms with E-state index in [1.807, 2.05) is 19.9 Å². The van der Waals surface area contributed by atoms with Gasteiger partial charge in [-0.1, -0.05) is 26.2 Å². The Morgan fingerprint density at radius 3 is 2.71 bits per heavy atom. The van der Waals surface area contributed by atoms with Crippen molar-refractivity contribution in [3.05, 3.63) is 29.3 Å². The van der Waals surface area contributed by atoms with Crippen LogP contribution in [0.5, 0.6) is 0 Å². The second kappa shape index (κ2) is 7.55. The number of sulfonamides is 1. The number of unbranched alkanes of at least 4 members (excludes halogenated alkanes) is 2. The summed E-state index contributed by atoms with van der Waals surface area (Å²) in [6.07, 6.45) is 6.29. The van der Waals surface area contributed by atoms with E-state index in [0.717, 1.165) is 18.4 Å². The van der Waals surface area contributed by atoms with Crippen molar-refractivity contribution in [2.24, 2.45) is 0 Å². The Labute approximate surface area is 145 Å². The van der Waals surface area contributed by atoms with E-state index in [1.54, 1.807) is 12.1 Å². The van der Waals surface area contributed by atoms with E-state index in [-0.39, 0.29) is 18.0 Å². The lowest BCUT2D eigenvalue weighted by atomic mass is 10.1. The standard InChI is InChI=1S/C18H28N2O3S/c1-5-6-7-8-13(2)19-18(21)15-9-10-17-16(12-15)11-14(3)20(17)24(4,22)23/h9-10,12-14H,5-8,11H2,1-4H3,(H,19,21)/t13-,14-/m0/s1. The van der Waals surface area contributed by atoms with Gasteiger partial charge in [-0.2, -0.15) is 0 Å². The van der Waals surface area contributed by atoms with Crippen molar-refractivity contribution in [2.75, 3.05) is 10.6 Å². The molecule has 1 heterocycles. The summed E-state index contributed by atoms with van der Waals surface area (Å²) in [5, 5.41) is 3.03. The summed E-state index contributed by atoms with van der Waals surface area (Å²) in [6.45, 7) is 6.07. The van der Waals surface area contributed by atoms with Gasteiger partial charge < -0.3 is 5.32 Å². The number of nitrogens with one attached hydrogen (secondary N) is 1. The zero-order valence-electron chi connectivity index (χ0n) is 15.0. The summed E-state index contributed by atoms with van der Waals surface area (Å²) in [6, 6.07) is 5.31. The SMILES string of the molecule is CCCCC[C@H](C)NC(=O)c1ccc2c(c1)C[C@H](C)N2S(C)(=O)=O. The third kappa shape index (κ3) is 4.29. The smallest absolute Gasteiger partial charge is 0.251 e. The predicted octanol–water partition coefficient (Wildman–Crippen LogP) is 3.10. The molecular weight excluding hydrogens is 324 g/mol. The lowest BCUT2D eigenvalue weighted by Crippen LogP contribution is -2.34. The van der Waals surface area contributed by atoms with E-state index in [4.69, 9.17) is 0 Å². The average Bonchev–Trinajstić information content (AvgIpc) is 2.82. The van der Waals surface area contributed by atoms with E-state index < -0.39 is 10.0 Å². The normalized spacial score (nSPS) is 18.3. The fourth-order valence-corrected chi connectivity index (χ4v) is 4.59. The average molecular weight is 353 g/mol. The number of carbonyl (C=O) groups is 1. The number of rotatable bonds is 7. The quantitative estimate of drug-likeness (QED) is 0.767. The van der Waals surface area contributed by atoms with Crippen molar-refractivity contribution in [1.82, 2.24) is 5.32 Å². The fourth-order valence-electron chi connectivity index (χ4n) is 3.33. The molecule has 0 aromatic heterocycles. The molecule has 0 unspecified atom stereocenters. The third-order valence-electron chi connectivity index (χ3n) is 4.47. The summed E-state index contributed by atoms with van der Waals surface area (Å²) in [5.41, 5.74) is 2.20.